The molecule has 3 atom stereocenters. The Morgan fingerprint density at radius 3 is 2.65 bits per heavy atom. The molecule has 1 aromatic rings. The first-order valence-corrected chi connectivity index (χ1v) is 8.93. The van der Waals surface area contributed by atoms with Gasteiger partial charge in [0.2, 0.25) is 0 Å². The molecule has 1 fully saturated rings. The fourth-order valence-corrected chi connectivity index (χ4v) is 4.30. The Morgan fingerprint density at radius 2 is 2.05 bits per heavy atom. The van der Waals surface area contributed by atoms with Crippen LogP contribution < -0.4 is 0 Å². The topological polar surface area (TPSA) is 54.4 Å². The van der Waals surface area contributed by atoms with E-state index < -0.39 is 27.0 Å². The van der Waals surface area contributed by atoms with Gasteiger partial charge in [-0.15, -0.1) is 0 Å². The number of hydrogen-bond donors (Lipinski definition) is 1. The van der Waals surface area contributed by atoms with E-state index in [1.54, 1.807) is 0 Å². The fourth-order valence-electron chi connectivity index (χ4n) is 2.87. The molecule has 2 rings (SSSR count). The minimum Gasteiger partial charge on any atom is -0.388 e. The Hall–Kier alpha value is -0.650. The van der Waals surface area contributed by atoms with Crippen LogP contribution in [0.1, 0.15) is 37.4 Å². The third-order valence-corrected chi connectivity index (χ3v) is 5.80. The van der Waals surface area contributed by atoms with Crippen LogP contribution in [-0.4, -0.2) is 25.0 Å². The summed E-state index contributed by atoms with van der Waals surface area (Å²) in [5.74, 6) is -0.677. The van der Waals surface area contributed by atoms with Gasteiger partial charge >= 0.3 is 0 Å². The van der Waals surface area contributed by atoms with Gasteiger partial charge in [0.25, 0.3) is 0 Å². The van der Waals surface area contributed by atoms with Gasteiger partial charge in [0, 0.05) is 11.3 Å². The zero-order valence-corrected chi connectivity index (χ0v) is 12.8. The van der Waals surface area contributed by atoms with Gasteiger partial charge in [0.15, 0.2) is 0 Å². The standard InChI is InChI=1S/C14H18ClFO3S/c1-20(18,19)13-4-2-3-9(7-13)14(17)10-5-11(15)8-12(16)6-10/h5-6,8-9,13-14,17H,2-4,7H2,1H3. The predicted molar refractivity (Wildman–Crippen MR) is 77.0 cm³/mol. The summed E-state index contributed by atoms with van der Waals surface area (Å²) in [7, 11) is -3.10. The first-order valence-electron chi connectivity index (χ1n) is 6.60. The first kappa shape index (κ1) is 15.7. The second kappa shape index (κ2) is 6.00. The number of rotatable bonds is 3. The summed E-state index contributed by atoms with van der Waals surface area (Å²) in [6.07, 6.45) is 2.88. The lowest BCUT2D eigenvalue weighted by atomic mass is 9.82. The molecule has 3 nitrogen and oxygen atoms in total. The van der Waals surface area contributed by atoms with Gasteiger partial charge in [0.05, 0.1) is 11.4 Å². The van der Waals surface area contributed by atoms with Crippen LogP contribution >= 0.6 is 11.6 Å². The summed E-state index contributed by atoms with van der Waals surface area (Å²) >= 11 is 5.79. The van der Waals surface area contributed by atoms with Crippen LogP contribution in [0.15, 0.2) is 18.2 Å². The van der Waals surface area contributed by atoms with Crippen molar-refractivity contribution >= 4 is 21.4 Å². The lowest BCUT2D eigenvalue weighted by Crippen LogP contribution is -2.30. The average molecular weight is 321 g/mol. The summed E-state index contributed by atoms with van der Waals surface area (Å²) in [4.78, 5) is 0. The molecular formula is C14H18ClFO3S. The van der Waals surface area contributed by atoms with Crippen LogP contribution in [0.25, 0.3) is 0 Å². The maximum absolute atomic E-state index is 13.3. The molecule has 0 amide bonds. The van der Waals surface area contributed by atoms with E-state index in [-0.39, 0.29) is 10.9 Å². The van der Waals surface area contributed by atoms with Crippen molar-refractivity contribution in [3.8, 4) is 0 Å². The average Bonchev–Trinajstić information content (AvgIpc) is 2.36. The molecule has 1 aliphatic rings. The van der Waals surface area contributed by atoms with E-state index in [9.17, 15) is 17.9 Å². The maximum atomic E-state index is 13.3. The Balaban J connectivity index is 2.18. The number of hydrogen-bond acceptors (Lipinski definition) is 3. The molecule has 0 spiro atoms. The Morgan fingerprint density at radius 1 is 1.35 bits per heavy atom. The lowest BCUT2D eigenvalue weighted by Gasteiger charge is -2.31. The molecule has 20 heavy (non-hydrogen) atoms. The summed E-state index contributed by atoms with van der Waals surface area (Å²) in [6, 6.07) is 3.96. The summed E-state index contributed by atoms with van der Waals surface area (Å²) in [5, 5.41) is 10.2. The van der Waals surface area contributed by atoms with Crippen LogP contribution in [0.2, 0.25) is 5.02 Å². The van der Waals surface area contributed by atoms with Crippen LogP contribution in [0.4, 0.5) is 4.39 Å². The van der Waals surface area contributed by atoms with Gasteiger partial charge in [-0.2, -0.15) is 0 Å². The van der Waals surface area contributed by atoms with Gasteiger partial charge < -0.3 is 5.11 Å². The van der Waals surface area contributed by atoms with Crippen molar-refractivity contribution in [2.75, 3.05) is 6.26 Å². The molecule has 1 aromatic carbocycles. The number of benzene rings is 1. The highest BCUT2D eigenvalue weighted by Gasteiger charge is 2.33. The van der Waals surface area contributed by atoms with Gasteiger partial charge in [-0.05, 0) is 48.9 Å². The number of aliphatic hydroxyl groups is 1. The Labute approximate surface area is 123 Å². The quantitative estimate of drug-likeness (QED) is 0.931. The molecule has 0 heterocycles. The van der Waals surface area contributed by atoms with Crippen LogP contribution in [0.5, 0.6) is 0 Å². The zero-order valence-electron chi connectivity index (χ0n) is 11.2. The third kappa shape index (κ3) is 3.71. The molecule has 1 saturated carbocycles. The number of aliphatic hydroxyl groups excluding tert-OH is 1. The van der Waals surface area contributed by atoms with Gasteiger partial charge in [-0.25, -0.2) is 12.8 Å². The monoisotopic (exact) mass is 320 g/mol. The van der Waals surface area contributed by atoms with Crippen LogP contribution in [-0.2, 0) is 9.84 Å². The molecule has 0 aromatic heterocycles. The van der Waals surface area contributed by atoms with E-state index in [0.29, 0.717) is 18.4 Å². The molecule has 112 valence electrons. The van der Waals surface area contributed by atoms with E-state index in [1.807, 2.05) is 0 Å². The molecule has 0 bridgehead atoms. The highest BCUT2D eigenvalue weighted by atomic mass is 35.5. The molecular weight excluding hydrogens is 303 g/mol. The third-order valence-electron chi connectivity index (χ3n) is 3.95. The Bertz CT molecular complexity index is 568. The lowest BCUT2D eigenvalue weighted by molar-refractivity contribution is 0.0854. The predicted octanol–water partition coefficient (Wildman–Crippen LogP) is 3.12. The van der Waals surface area contributed by atoms with Crippen molar-refractivity contribution in [3.63, 3.8) is 0 Å². The fraction of sp³-hybridized carbons (Fsp3) is 0.571. The van der Waals surface area contributed by atoms with Crippen molar-refractivity contribution < 1.29 is 17.9 Å². The normalized spacial score (nSPS) is 25.4. The SMILES string of the molecule is CS(=O)(=O)C1CCCC(C(O)c2cc(F)cc(Cl)c2)C1. The summed E-state index contributed by atoms with van der Waals surface area (Å²) in [6.45, 7) is 0. The van der Waals surface area contributed by atoms with E-state index in [0.717, 1.165) is 12.8 Å². The molecule has 0 saturated heterocycles. The Kier molecular flexibility index (Phi) is 4.72. The van der Waals surface area contributed by atoms with E-state index in [4.69, 9.17) is 11.6 Å². The molecule has 0 aliphatic heterocycles. The summed E-state index contributed by atoms with van der Waals surface area (Å²) in [5.41, 5.74) is 0.411. The summed E-state index contributed by atoms with van der Waals surface area (Å²) < 4.78 is 36.6. The van der Waals surface area contributed by atoms with Crippen molar-refractivity contribution in [2.24, 2.45) is 5.92 Å². The minimum absolute atomic E-state index is 0.179. The van der Waals surface area contributed by atoms with Crippen molar-refractivity contribution in [3.05, 3.63) is 34.6 Å². The smallest absolute Gasteiger partial charge is 0.150 e. The molecule has 3 unspecified atom stereocenters. The van der Waals surface area contributed by atoms with Gasteiger partial charge in [0.1, 0.15) is 15.7 Å². The number of sulfone groups is 1. The molecule has 6 heteroatoms. The minimum atomic E-state index is -3.10. The zero-order chi connectivity index (χ0) is 14.9. The second-order valence-electron chi connectivity index (χ2n) is 5.53. The highest BCUT2D eigenvalue weighted by molar-refractivity contribution is 7.91. The van der Waals surface area contributed by atoms with Crippen molar-refractivity contribution in [2.45, 2.75) is 37.0 Å². The second-order valence-corrected chi connectivity index (χ2v) is 8.29. The first-order chi connectivity index (χ1) is 9.27. The maximum Gasteiger partial charge on any atom is 0.150 e. The molecule has 1 N–H and O–H groups in total. The van der Waals surface area contributed by atoms with Gasteiger partial charge in [-0.1, -0.05) is 18.0 Å². The molecule has 0 radical (unpaired) electrons. The van der Waals surface area contributed by atoms with E-state index in [2.05, 4.69) is 0 Å². The molecule has 1 aliphatic carbocycles. The number of halogens is 2. The van der Waals surface area contributed by atoms with E-state index >= 15 is 0 Å². The van der Waals surface area contributed by atoms with Crippen molar-refractivity contribution in [1.29, 1.82) is 0 Å². The van der Waals surface area contributed by atoms with Gasteiger partial charge in [-0.3, -0.25) is 0 Å². The van der Waals surface area contributed by atoms with Crippen LogP contribution in [0.3, 0.4) is 0 Å². The largest absolute Gasteiger partial charge is 0.388 e. The van der Waals surface area contributed by atoms with E-state index in [1.165, 1.54) is 24.5 Å². The van der Waals surface area contributed by atoms with Crippen LogP contribution in [0, 0.1) is 11.7 Å². The van der Waals surface area contributed by atoms with Crippen molar-refractivity contribution in [1.82, 2.24) is 0 Å². The highest BCUT2D eigenvalue weighted by Crippen LogP contribution is 2.37.